The number of carbonyl (C=O) groups excluding carboxylic acids is 1. The lowest BCUT2D eigenvalue weighted by Crippen LogP contribution is -2.40. The topological polar surface area (TPSA) is 80.9 Å². The van der Waals surface area contributed by atoms with Gasteiger partial charge in [0.25, 0.3) is 0 Å². The van der Waals surface area contributed by atoms with E-state index >= 15 is 0 Å². The number of methoxy groups -OCH3 is 1. The van der Waals surface area contributed by atoms with E-state index in [4.69, 9.17) is 9.15 Å². The lowest BCUT2D eigenvalue weighted by molar-refractivity contribution is 0.0265. The molecule has 0 amide bonds. The molecule has 1 atom stereocenters. The van der Waals surface area contributed by atoms with Gasteiger partial charge in [-0.15, -0.1) is 0 Å². The monoisotopic (exact) mass is 255 g/mol. The third kappa shape index (κ3) is 3.10. The number of hydrogen-bond acceptors (Lipinski definition) is 6. The Morgan fingerprint density at radius 2 is 2.50 bits per heavy atom. The van der Waals surface area contributed by atoms with E-state index in [1.807, 2.05) is 0 Å². The first-order valence-corrected chi connectivity index (χ1v) is 5.79. The van der Waals surface area contributed by atoms with E-state index in [0.29, 0.717) is 44.0 Å². The Morgan fingerprint density at radius 1 is 1.67 bits per heavy atom. The van der Waals surface area contributed by atoms with Crippen LogP contribution >= 0.6 is 0 Å². The van der Waals surface area contributed by atoms with Crippen LogP contribution in [-0.4, -0.2) is 43.5 Å². The molecule has 0 aromatic carbocycles. The van der Waals surface area contributed by atoms with E-state index in [9.17, 15) is 9.90 Å². The maximum absolute atomic E-state index is 11.2. The molecule has 0 bridgehead atoms. The van der Waals surface area contributed by atoms with Gasteiger partial charge < -0.3 is 24.3 Å². The molecule has 1 aliphatic rings. The van der Waals surface area contributed by atoms with Crippen molar-refractivity contribution in [2.45, 2.75) is 18.6 Å². The highest BCUT2D eigenvalue weighted by atomic mass is 16.5. The van der Waals surface area contributed by atoms with Crippen molar-refractivity contribution in [3.63, 3.8) is 0 Å². The van der Waals surface area contributed by atoms with Crippen LogP contribution in [-0.2, 0) is 16.0 Å². The zero-order chi connectivity index (χ0) is 13.0. The van der Waals surface area contributed by atoms with Gasteiger partial charge in [0.2, 0.25) is 0 Å². The predicted molar refractivity (Wildman–Crippen MR) is 62.1 cm³/mol. The highest BCUT2D eigenvalue weighted by molar-refractivity contribution is 5.88. The number of rotatable bonds is 5. The second-order valence-corrected chi connectivity index (χ2v) is 4.42. The van der Waals surface area contributed by atoms with Gasteiger partial charge in [0, 0.05) is 19.6 Å². The van der Waals surface area contributed by atoms with Crippen molar-refractivity contribution >= 4 is 5.97 Å². The average Bonchev–Trinajstić information content (AvgIpc) is 2.98. The maximum Gasteiger partial charge on any atom is 0.341 e. The normalized spacial score (nSPS) is 23.2. The molecule has 6 heteroatoms. The molecular weight excluding hydrogens is 238 g/mol. The molecule has 1 fully saturated rings. The summed E-state index contributed by atoms with van der Waals surface area (Å²) in [5.41, 5.74) is -0.408. The van der Waals surface area contributed by atoms with Crippen LogP contribution in [0.1, 0.15) is 22.5 Å². The van der Waals surface area contributed by atoms with Crippen LogP contribution < -0.4 is 5.32 Å². The van der Waals surface area contributed by atoms with Crippen LogP contribution in [0, 0.1) is 0 Å². The molecule has 18 heavy (non-hydrogen) atoms. The van der Waals surface area contributed by atoms with Crippen LogP contribution in [0.5, 0.6) is 0 Å². The van der Waals surface area contributed by atoms with Crippen LogP contribution in [0.25, 0.3) is 0 Å². The molecule has 6 nitrogen and oxygen atoms in total. The van der Waals surface area contributed by atoms with E-state index in [0.717, 1.165) is 0 Å². The summed E-state index contributed by atoms with van der Waals surface area (Å²) in [6.45, 7) is 1.82. The Balaban J connectivity index is 1.80. The summed E-state index contributed by atoms with van der Waals surface area (Å²) >= 11 is 0. The molecule has 100 valence electrons. The number of carbonyl (C=O) groups is 1. The third-order valence-corrected chi connectivity index (χ3v) is 2.91. The fraction of sp³-hybridized carbons (Fsp3) is 0.583. The molecule has 0 spiro atoms. The Morgan fingerprint density at radius 3 is 3.17 bits per heavy atom. The first kappa shape index (κ1) is 13.1. The Kier molecular flexibility index (Phi) is 4.00. The highest BCUT2D eigenvalue weighted by Crippen LogP contribution is 2.17. The number of furan rings is 1. The van der Waals surface area contributed by atoms with Gasteiger partial charge in [-0.3, -0.25) is 0 Å². The van der Waals surface area contributed by atoms with Gasteiger partial charge in [-0.25, -0.2) is 4.79 Å². The Labute approximate surface area is 105 Å². The summed E-state index contributed by atoms with van der Waals surface area (Å²) in [4.78, 5) is 11.2. The minimum atomic E-state index is -0.794. The molecule has 0 aliphatic carbocycles. The molecular formula is C12H17NO5. The predicted octanol–water partition coefficient (Wildman–Crippen LogP) is 0.307. The minimum Gasteiger partial charge on any atom is -0.467 e. The van der Waals surface area contributed by atoms with Gasteiger partial charge in [0.1, 0.15) is 17.6 Å². The number of esters is 1. The molecule has 0 radical (unpaired) electrons. The van der Waals surface area contributed by atoms with Crippen LogP contribution in [0.2, 0.25) is 0 Å². The van der Waals surface area contributed by atoms with Crippen molar-refractivity contribution in [3.8, 4) is 0 Å². The van der Waals surface area contributed by atoms with Crippen molar-refractivity contribution in [2.24, 2.45) is 0 Å². The van der Waals surface area contributed by atoms with Gasteiger partial charge in [0.05, 0.1) is 25.8 Å². The lowest BCUT2D eigenvalue weighted by Gasteiger charge is -2.20. The summed E-state index contributed by atoms with van der Waals surface area (Å²) in [5, 5.41) is 13.1. The molecule has 2 N–H and O–H groups in total. The molecule has 1 unspecified atom stereocenters. The van der Waals surface area contributed by atoms with Gasteiger partial charge in [0.15, 0.2) is 0 Å². The second-order valence-electron chi connectivity index (χ2n) is 4.42. The summed E-state index contributed by atoms with van der Waals surface area (Å²) in [5.74, 6) is 0.200. The average molecular weight is 255 g/mol. The molecule has 1 aliphatic heterocycles. The van der Waals surface area contributed by atoms with Gasteiger partial charge in [-0.1, -0.05) is 0 Å². The summed E-state index contributed by atoms with van der Waals surface area (Å²) in [7, 11) is 1.32. The van der Waals surface area contributed by atoms with E-state index < -0.39 is 11.6 Å². The summed E-state index contributed by atoms with van der Waals surface area (Å²) in [6.07, 6.45) is 1.99. The second kappa shape index (κ2) is 5.51. The number of ether oxygens (including phenoxy) is 2. The number of nitrogens with one attached hydrogen (secondary N) is 1. The first-order valence-electron chi connectivity index (χ1n) is 5.79. The summed E-state index contributed by atoms with van der Waals surface area (Å²) in [6, 6.07) is 1.62. The first-order chi connectivity index (χ1) is 8.63. The lowest BCUT2D eigenvalue weighted by atomic mass is 10.0. The largest absolute Gasteiger partial charge is 0.467 e. The fourth-order valence-corrected chi connectivity index (χ4v) is 1.85. The van der Waals surface area contributed by atoms with Crippen molar-refractivity contribution in [1.82, 2.24) is 5.32 Å². The van der Waals surface area contributed by atoms with Crippen LogP contribution in [0.3, 0.4) is 0 Å². The number of hydrogen-bond donors (Lipinski definition) is 2. The van der Waals surface area contributed by atoms with E-state index in [-0.39, 0.29) is 0 Å². The quantitative estimate of drug-likeness (QED) is 0.737. The molecule has 1 aromatic rings. The van der Waals surface area contributed by atoms with E-state index in [2.05, 4.69) is 10.1 Å². The smallest absolute Gasteiger partial charge is 0.341 e. The van der Waals surface area contributed by atoms with E-state index in [1.54, 1.807) is 6.07 Å². The third-order valence-electron chi connectivity index (χ3n) is 2.91. The van der Waals surface area contributed by atoms with Crippen molar-refractivity contribution in [2.75, 3.05) is 26.9 Å². The van der Waals surface area contributed by atoms with Gasteiger partial charge in [-0.2, -0.15) is 0 Å². The van der Waals surface area contributed by atoms with E-state index in [1.165, 1.54) is 13.4 Å². The minimum absolute atomic E-state index is 0.353. The zero-order valence-electron chi connectivity index (χ0n) is 10.3. The van der Waals surface area contributed by atoms with Crippen molar-refractivity contribution in [3.05, 3.63) is 23.7 Å². The zero-order valence-corrected chi connectivity index (χ0v) is 10.3. The molecule has 0 saturated carbocycles. The van der Waals surface area contributed by atoms with Gasteiger partial charge >= 0.3 is 5.97 Å². The fourth-order valence-electron chi connectivity index (χ4n) is 1.85. The maximum atomic E-state index is 11.2. The van der Waals surface area contributed by atoms with Crippen molar-refractivity contribution < 1.29 is 23.8 Å². The molecule has 2 heterocycles. The SMILES string of the molecule is COC(=O)c1coc(CNCC2(O)CCOC2)c1. The molecule has 1 aromatic heterocycles. The van der Waals surface area contributed by atoms with Crippen LogP contribution in [0.15, 0.2) is 16.7 Å². The Hall–Kier alpha value is -1.37. The molecule has 2 rings (SSSR count). The standard InChI is InChI=1S/C12H17NO5/c1-16-11(14)9-4-10(18-6-9)5-13-7-12(15)2-3-17-8-12/h4,6,13,15H,2-3,5,7-8H2,1H3. The van der Waals surface area contributed by atoms with Gasteiger partial charge in [-0.05, 0) is 6.07 Å². The van der Waals surface area contributed by atoms with Crippen LogP contribution in [0.4, 0.5) is 0 Å². The summed E-state index contributed by atoms with van der Waals surface area (Å²) < 4.78 is 14.9. The number of aliphatic hydroxyl groups is 1. The Bertz CT molecular complexity index is 408. The highest BCUT2D eigenvalue weighted by Gasteiger charge is 2.31. The van der Waals surface area contributed by atoms with Crippen molar-refractivity contribution in [1.29, 1.82) is 0 Å². The molecule has 1 saturated heterocycles.